The molecule has 0 saturated carbocycles. The summed E-state index contributed by atoms with van der Waals surface area (Å²) in [6, 6.07) is 8.19. The average Bonchev–Trinajstić information content (AvgIpc) is 2.05. The van der Waals surface area contributed by atoms with Crippen molar-refractivity contribution < 1.29 is 0 Å². The molecule has 0 saturated heterocycles. The second-order valence-electron chi connectivity index (χ2n) is 2.84. The second kappa shape index (κ2) is 3.90. The van der Waals surface area contributed by atoms with Crippen LogP contribution in [0.25, 0.3) is 0 Å². The molecular weight excluding hydrogens is 148 g/mol. The Bertz CT molecular complexity index is 277. The molecule has 0 bridgehead atoms. The zero-order valence-electron chi connectivity index (χ0n) is 7.78. The third-order valence-electron chi connectivity index (χ3n) is 1.69. The van der Waals surface area contributed by atoms with E-state index in [1.165, 1.54) is 5.69 Å². The van der Waals surface area contributed by atoms with Crippen LogP contribution < -0.4 is 4.90 Å². The molecule has 0 N–H and O–H groups in total. The summed E-state index contributed by atoms with van der Waals surface area (Å²) in [4.78, 5) is 6.08. The summed E-state index contributed by atoms with van der Waals surface area (Å²) in [6.07, 6.45) is 1.87. The van der Waals surface area contributed by atoms with Crippen LogP contribution in [0.1, 0.15) is 5.56 Å². The monoisotopic (exact) mass is 162 g/mol. The maximum absolute atomic E-state index is 4.00. The molecule has 0 spiro atoms. The van der Waals surface area contributed by atoms with E-state index < -0.39 is 0 Å². The van der Waals surface area contributed by atoms with Gasteiger partial charge in [-0.2, -0.15) is 0 Å². The lowest BCUT2D eigenvalue weighted by Crippen LogP contribution is -2.10. The number of anilines is 1. The lowest BCUT2D eigenvalue weighted by Gasteiger charge is -2.14. The van der Waals surface area contributed by atoms with Gasteiger partial charge in [-0.15, -0.1) is 0 Å². The van der Waals surface area contributed by atoms with Crippen molar-refractivity contribution in [1.82, 2.24) is 0 Å². The lowest BCUT2D eigenvalue weighted by atomic mass is 10.2. The van der Waals surface area contributed by atoms with E-state index in [0.717, 1.165) is 5.56 Å². The van der Waals surface area contributed by atoms with E-state index in [1.54, 1.807) is 7.05 Å². The summed E-state index contributed by atoms with van der Waals surface area (Å²) in [6.45, 7) is 0. The molecule has 2 heteroatoms. The molecule has 0 radical (unpaired) electrons. The highest BCUT2D eigenvalue weighted by Crippen LogP contribution is 2.15. The topological polar surface area (TPSA) is 15.6 Å². The summed E-state index contributed by atoms with van der Waals surface area (Å²) in [5.41, 5.74) is 2.35. The largest absolute Gasteiger partial charge is 0.377 e. The molecule has 1 rings (SSSR count). The summed E-state index contributed by atoms with van der Waals surface area (Å²) >= 11 is 0. The first-order chi connectivity index (χ1) is 5.75. The predicted octanol–water partition coefficient (Wildman–Crippen LogP) is 1.80. The Hall–Kier alpha value is -1.31. The quantitative estimate of drug-likeness (QED) is 0.605. The van der Waals surface area contributed by atoms with Gasteiger partial charge in [0.05, 0.1) is 0 Å². The van der Waals surface area contributed by atoms with Crippen LogP contribution in [0, 0.1) is 0 Å². The first-order valence-corrected chi connectivity index (χ1v) is 3.94. The molecule has 64 valence electrons. The normalized spacial score (nSPS) is 10.6. The van der Waals surface area contributed by atoms with Gasteiger partial charge < -0.3 is 4.90 Å². The molecule has 2 nitrogen and oxygen atoms in total. The Morgan fingerprint density at radius 2 is 1.92 bits per heavy atom. The number of para-hydroxylation sites is 1. The van der Waals surface area contributed by atoms with Crippen LogP contribution >= 0.6 is 0 Å². The summed E-state index contributed by atoms with van der Waals surface area (Å²) in [7, 11) is 5.84. The molecule has 0 aromatic heterocycles. The fourth-order valence-electron chi connectivity index (χ4n) is 1.14. The van der Waals surface area contributed by atoms with Crippen molar-refractivity contribution in [3.63, 3.8) is 0 Å². The third kappa shape index (κ3) is 1.84. The SMILES string of the molecule is CN=Cc1ccccc1N(C)C. The molecule has 1 aromatic rings. The van der Waals surface area contributed by atoms with Gasteiger partial charge >= 0.3 is 0 Å². The first-order valence-electron chi connectivity index (χ1n) is 3.94. The van der Waals surface area contributed by atoms with Crippen molar-refractivity contribution in [2.75, 3.05) is 26.0 Å². The third-order valence-corrected chi connectivity index (χ3v) is 1.69. The number of hydrogen-bond donors (Lipinski definition) is 0. The fourth-order valence-corrected chi connectivity index (χ4v) is 1.14. The molecule has 0 unspecified atom stereocenters. The van der Waals surface area contributed by atoms with E-state index in [4.69, 9.17) is 0 Å². The van der Waals surface area contributed by atoms with Gasteiger partial charge in [0.15, 0.2) is 0 Å². The molecular formula is C10H14N2. The first kappa shape index (κ1) is 8.78. The van der Waals surface area contributed by atoms with Crippen molar-refractivity contribution in [3.05, 3.63) is 29.8 Å². The van der Waals surface area contributed by atoms with Crippen molar-refractivity contribution in [3.8, 4) is 0 Å². The zero-order chi connectivity index (χ0) is 8.97. The molecule has 0 fully saturated rings. The molecule has 1 aromatic carbocycles. The molecule has 0 aliphatic rings. The Labute approximate surface area is 73.5 Å². The molecule has 0 aliphatic carbocycles. The van der Waals surface area contributed by atoms with Crippen LogP contribution in [0.5, 0.6) is 0 Å². The van der Waals surface area contributed by atoms with E-state index in [2.05, 4.69) is 22.0 Å². The highest BCUT2D eigenvalue weighted by molar-refractivity contribution is 5.87. The number of hydrogen-bond acceptors (Lipinski definition) is 2. The van der Waals surface area contributed by atoms with Crippen LogP contribution in [0.15, 0.2) is 29.3 Å². The van der Waals surface area contributed by atoms with E-state index in [0.29, 0.717) is 0 Å². The Kier molecular flexibility index (Phi) is 2.86. The summed E-state index contributed by atoms with van der Waals surface area (Å²) in [5.74, 6) is 0. The predicted molar refractivity (Wildman–Crippen MR) is 54.3 cm³/mol. The average molecular weight is 162 g/mol. The molecule has 0 atom stereocenters. The standard InChI is InChI=1S/C10H14N2/c1-11-8-9-6-4-5-7-10(9)12(2)3/h4-8H,1-3H3. The maximum Gasteiger partial charge on any atom is 0.0450 e. The highest BCUT2D eigenvalue weighted by Gasteiger charge is 1.98. The van der Waals surface area contributed by atoms with E-state index in [1.807, 2.05) is 32.4 Å². The highest BCUT2D eigenvalue weighted by atomic mass is 15.1. The van der Waals surface area contributed by atoms with E-state index in [-0.39, 0.29) is 0 Å². The van der Waals surface area contributed by atoms with Gasteiger partial charge in [0.25, 0.3) is 0 Å². The minimum Gasteiger partial charge on any atom is -0.377 e. The Morgan fingerprint density at radius 3 is 2.50 bits per heavy atom. The zero-order valence-corrected chi connectivity index (χ0v) is 7.78. The molecule has 0 heterocycles. The minimum atomic E-state index is 1.16. The van der Waals surface area contributed by atoms with Gasteiger partial charge in [0.2, 0.25) is 0 Å². The Balaban J connectivity index is 3.08. The molecule has 0 amide bonds. The van der Waals surface area contributed by atoms with Crippen molar-refractivity contribution in [2.45, 2.75) is 0 Å². The van der Waals surface area contributed by atoms with Crippen LogP contribution in [0.2, 0.25) is 0 Å². The lowest BCUT2D eigenvalue weighted by molar-refractivity contribution is 1.13. The second-order valence-corrected chi connectivity index (χ2v) is 2.84. The Morgan fingerprint density at radius 1 is 1.25 bits per heavy atom. The van der Waals surface area contributed by atoms with Gasteiger partial charge in [0, 0.05) is 38.6 Å². The van der Waals surface area contributed by atoms with Crippen LogP contribution in [0.4, 0.5) is 5.69 Å². The number of nitrogens with zero attached hydrogens (tertiary/aromatic N) is 2. The smallest absolute Gasteiger partial charge is 0.0450 e. The van der Waals surface area contributed by atoms with Crippen molar-refractivity contribution in [2.24, 2.45) is 4.99 Å². The maximum atomic E-state index is 4.00. The van der Waals surface area contributed by atoms with Crippen LogP contribution in [0.3, 0.4) is 0 Å². The molecule has 12 heavy (non-hydrogen) atoms. The van der Waals surface area contributed by atoms with Gasteiger partial charge in [0.1, 0.15) is 0 Å². The van der Waals surface area contributed by atoms with Crippen LogP contribution in [-0.4, -0.2) is 27.4 Å². The van der Waals surface area contributed by atoms with Crippen molar-refractivity contribution in [1.29, 1.82) is 0 Å². The summed E-state index contributed by atoms with van der Waals surface area (Å²) in [5, 5.41) is 0. The number of benzene rings is 1. The van der Waals surface area contributed by atoms with Gasteiger partial charge in [-0.3, -0.25) is 4.99 Å². The molecule has 0 aliphatic heterocycles. The number of rotatable bonds is 2. The summed E-state index contributed by atoms with van der Waals surface area (Å²) < 4.78 is 0. The minimum absolute atomic E-state index is 1.16. The number of aliphatic imine (C=N–C) groups is 1. The van der Waals surface area contributed by atoms with Gasteiger partial charge in [-0.1, -0.05) is 18.2 Å². The van der Waals surface area contributed by atoms with Gasteiger partial charge in [-0.05, 0) is 6.07 Å². The van der Waals surface area contributed by atoms with Gasteiger partial charge in [-0.25, -0.2) is 0 Å². The van der Waals surface area contributed by atoms with E-state index in [9.17, 15) is 0 Å². The van der Waals surface area contributed by atoms with E-state index >= 15 is 0 Å². The van der Waals surface area contributed by atoms with Crippen LogP contribution in [-0.2, 0) is 0 Å². The van der Waals surface area contributed by atoms with Crippen molar-refractivity contribution >= 4 is 11.9 Å². The fraction of sp³-hybridized carbons (Fsp3) is 0.300.